The zero-order valence-corrected chi connectivity index (χ0v) is 16.9. The lowest BCUT2D eigenvalue weighted by Crippen LogP contribution is -2.36. The van der Waals surface area contributed by atoms with E-state index in [9.17, 15) is 4.79 Å². The Morgan fingerprint density at radius 3 is 2.48 bits per heavy atom. The quantitative estimate of drug-likeness (QED) is 0.540. The van der Waals surface area contributed by atoms with E-state index in [1.54, 1.807) is 12.4 Å². The molecule has 0 amide bonds. The van der Waals surface area contributed by atoms with Crippen LogP contribution in [0.1, 0.15) is 23.4 Å². The number of pyridine rings is 1. The van der Waals surface area contributed by atoms with Crippen molar-refractivity contribution in [3.8, 4) is 11.5 Å². The van der Waals surface area contributed by atoms with Crippen LogP contribution in [-0.2, 0) is 0 Å². The van der Waals surface area contributed by atoms with Gasteiger partial charge >= 0.3 is 0 Å². The van der Waals surface area contributed by atoms with Crippen molar-refractivity contribution in [3.63, 3.8) is 0 Å². The summed E-state index contributed by atoms with van der Waals surface area (Å²) >= 11 is 0. The summed E-state index contributed by atoms with van der Waals surface area (Å²) in [6.45, 7) is 8.19. The van der Waals surface area contributed by atoms with Crippen molar-refractivity contribution in [1.29, 1.82) is 0 Å². The average molecular weight is 385 g/mol. The lowest BCUT2D eigenvalue weighted by atomic mass is 10.1. The van der Waals surface area contributed by atoms with Gasteiger partial charge < -0.3 is 9.47 Å². The van der Waals surface area contributed by atoms with Crippen LogP contribution in [-0.4, -0.2) is 32.4 Å². The van der Waals surface area contributed by atoms with Gasteiger partial charge in [-0.15, -0.1) is 0 Å². The van der Waals surface area contributed by atoms with Gasteiger partial charge in [-0.1, -0.05) is 12.1 Å². The van der Waals surface area contributed by atoms with Crippen LogP contribution in [0, 0.1) is 20.8 Å². The second kappa shape index (κ2) is 6.58. The van der Waals surface area contributed by atoms with Gasteiger partial charge in [-0.3, -0.25) is 4.79 Å². The minimum absolute atomic E-state index is 0.137. The van der Waals surface area contributed by atoms with E-state index in [0.717, 1.165) is 41.1 Å². The maximum Gasteiger partial charge on any atom is 0.282 e. The molecular weight excluding hydrogens is 362 g/mol. The van der Waals surface area contributed by atoms with E-state index in [1.165, 1.54) is 16.8 Å². The topological polar surface area (TPSA) is 56.0 Å². The van der Waals surface area contributed by atoms with Crippen LogP contribution in [0.15, 0.2) is 53.6 Å². The first kappa shape index (κ1) is 17.7. The highest BCUT2D eigenvalue weighted by atomic mass is 16.1. The lowest BCUT2D eigenvalue weighted by Gasteiger charge is -2.33. The second-order valence-electron chi connectivity index (χ2n) is 7.66. The van der Waals surface area contributed by atoms with Crippen molar-refractivity contribution in [2.75, 3.05) is 18.0 Å². The maximum absolute atomic E-state index is 13.4. The molecular formula is C23H23N5O. The molecule has 0 atom stereocenters. The zero-order valence-electron chi connectivity index (χ0n) is 16.9. The van der Waals surface area contributed by atoms with Crippen LogP contribution in [0.25, 0.3) is 22.3 Å². The third-order valence-corrected chi connectivity index (χ3v) is 5.89. The van der Waals surface area contributed by atoms with Gasteiger partial charge in [0.15, 0.2) is 5.82 Å². The standard InChI is InChI=1S/C23H23N5O/c1-15-7-5-10-24-22(15)28-23(29)21-17(3)27(16(2)20(21)14-25-28)19-9-4-8-18(13-19)26-11-6-12-26/h4-5,7-10,13-14H,6,11-12H2,1-3H3. The van der Waals surface area contributed by atoms with E-state index in [4.69, 9.17) is 0 Å². The summed E-state index contributed by atoms with van der Waals surface area (Å²) in [7, 11) is 0. The fourth-order valence-electron chi connectivity index (χ4n) is 4.20. The summed E-state index contributed by atoms with van der Waals surface area (Å²) in [6, 6.07) is 12.3. The van der Waals surface area contributed by atoms with Crippen molar-refractivity contribution < 1.29 is 0 Å². The summed E-state index contributed by atoms with van der Waals surface area (Å²) in [6.07, 6.45) is 4.71. The number of rotatable bonds is 3. The summed E-state index contributed by atoms with van der Waals surface area (Å²) in [4.78, 5) is 20.1. The number of benzene rings is 1. The van der Waals surface area contributed by atoms with Gasteiger partial charge in [0.25, 0.3) is 5.56 Å². The molecule has 0 N–H and O–H groups in total. The molecule has 5 rings (SSSR count). The predicted molar refractivity (Wildman–Crippen MR) is 116 cm³/mol. The van der Waals surface area contributed by atoms with Crippen LogP contribution >= 0.6 is 0 Å². The van der Waals surface area contributed by atoms with Crippen molar-refractivity contribution in [2.24, 2.45) is 0 Å². The molecule has 4 aromatic rings. The molecule has 1 saturated heterocycles. The Hall–Kier alpha value is -3.41. The monoisotopic (exact) mass is 385 g/mol. The normalized spacial score (nSPS) is 13.7. The number of aromatic nitrogens is 4. The molecule has 4 heterocycles. The molecule has 6 heteroatoms. The fraction of sp³-hybridized carbons (Fsp3) is 0.261. The van der Waals surface area contributed by atoms with Gasteiger partial charge in [-0.05, 0) is 57.0 Å². The highest BCUT2D eigenvalue weighted by molar-refractivity contribution is 5.88. The summed E-state index contributed by atoms with van der Waals surface area (Å²) in [5.74, 6) is 0.573. The molecule has 0 saturated carbocycles. The number of aryl methyl sites for hydroxylation is 3. The SMILES string of the molecule is Cc1cccnc1-n1ncc2c(C)n(-c3cccc(N4CCC4)c3)c(C)c2c1=O. The molecule has 0 bridgehead atoms. The molecule has 0 radical (unpaired) electrons. The second-order valence-corrected chi connectivity index (χ2v) is 7.66. The van der Waals surface area contributed by atoms with Crippen molar-refractivity contribution in [3.05, 3.63) is 76.1 Å². The zero-order chi connectivity index (χ0) is 20.1. The average Bonchev–Trinajstić information content (AvgIpc) is 2.93. The molecule has 0 spiro atoms. The molecule has 1 aliphatic rings. The fourth-order valence-corrected chi connectivity index (χ4v) is 4.20. The minimum Gasteiger partial charge on any atom is -0.371 e. The first-order valence-corrected chi connectivity index (χ1v) is 9.93. The highest BCUT2D eigenvalue weighted by Gasteiger charge is 2.20. The minimum atomic E-state index is -0.137. The molecule has 146 valence electrons. The Balaban J connectivity index is 1.72. The number of fused-ring (bicyclic) bond motifs is 1. The van der Waals surface area contributed by atoms with E-state index in [2.05, 4.69) is 43.8 Å². The molecule has 1 aliphatic heterocycles. The van der Waals surface area contributed by atoms with Crippen LogP contribution in [0.3, 0.4) is 0 Å². The third-order valence-electron chi connectivity index (χ3n) is 5.89. The van der Waals surface area contributed by atoms with Gasteiger partial charge in [-0.2, -0.15) is 9.78 Å². The largest absolute Gasteiger partial charge is 0.371 e. The summed E-state index contributed by atoms with van der Waals surface area (Å²) in [5, 5.41) is 6.01. The number of hydrogen-bond acceptors (Lipinski definition) is 4. The molecule has 0 aliphatic carbocycles. The number of hydrogen-bond donors (Lipinski definition) is 0. The van der Waals surface area contributed by atoms with Crippen molar-refractivity contribution >= 4 is 16.5 Å². The summed E-state index contributed by atoms with van der Waals surface area (Å²) in [5.41, 5.74) is 5.02. The number of anilines is 1. The van der Waals surface area contributed by atoms with Gasteiger partial charge in [0.2, 0.25) is 0 Å². The van der Waals surface area contributed by atoms with Crippen LogP contribution < -0.4 is 10.5 Å². The molecule has 3 aromatic heterocycles. The Labute approximate surface area is 169 Å². The van der Waals surface area contributed by atoms with Crippen LogP contribution in [0.5, 0.6) is 0 Å². The Kier molecular flexibility index (Phi) is 4.01. The Morgan fingerprint density at radius 2 is 1.76 bits per heavy atom. The van der Waals surface area contributed by atoms with Crippen LogP contribution in [0.4, 0.5) is 5.69 Å². The van der Waals surface area contributed by atoms with E-state index in [0.29, 0.717) is 11.2 Å². The molecule has 1 aromatic carbocycles. The maximum atomic E-state index is 13.4. The van der Waals surface area contributed by atoms with Gasteiger partial charge in [0, 0.05) is 47.4 Å². The highest BCUT2D eigenvalue weighted by Crippen LogP contribution is 2.29. The van der Waals surface area contributed by atoms with E-state index in [1.807, 2.05) is 32.9 Å². The van der Waals surface area contributed by atoms with Crippen molar-refractivity contribution in [2.45, 2.75) is 27.2 Å². The molecule has 1 fully saturated rings. The number of nitrogens with zero attached hydrogens (tertiary/aromatic N) is 5. The molecule has 6 nitrogen and oxygen atoms in total. The lowest BCUT2D eigenvalue weighted by molar-refractivity contribution is 0.617. The Bertz CT molecular complexity index is 1300. The smallest absolute Gasteiger partial charge is 0.282 e. The predicted octanol–water partition coefficient (Wildman–Crippen LogP) is 3.71. The van der Waals surface area contributed by atoms with Crippen molar-refractivity contribution in [1.82, 2.24) is 19.3 Å². The first-order chi connectivity index (χ1) is 14.1. The Morgan fingerprint density at radius 1 is 0.966 bits per heavy atom. The molecule has 29 heavy (non-hydrogen) atoms. The van der Waals surface area contributed by atoms with Gasteiger partial charge in [-0.25, -0.2) is 4.98 Å². The third kappa shape index (κ3) is 2.67. The van der Waals surface area contributed by atoms with Crippen LogP contribution in [0.2, 0.25) is 0 Å². The molecule has 0 unspecified atom stereocenters. The first-order valence-electron chi connectivity index (χ1n) is 9.93. The van der Waals surface area contributed by atoms with E-state index >= 15 is 0 Å². The summed E-state index contributed by atoms with van der Waals surface area (Å²) < 4.78 is 3.57. The van der Waals surface area contributed by atoms with Gasteiger partial charge in [0.05, 0.1) is 11.6 Å². The van der Waals surface area contributed by atoms with E-state index in [-0.39, 0.29) is 5.56 Å². The van der Waals surface area contributed by atoms with Gasteiger partial charge in [0.1, 0.15) is 0 Å². The van der Waals surface area contributed by atoms with E-state index < -0.39 is 0 Å².